The highest BCUT2D eigenvalue weighted by atomic mass is 16.5. The third-order valence-electron chi connectivity index (χ3n) is 2.79. The first-order valence-corrected chi connectivity index (χ1v) is 4.82. The zero-order valence-electron chi connectivity index (χ0n) is 8.68. The SMILES string of the molecule is CC1C(C(=O)O)Oc2ccccc2N1C. The summed E-state index contributed by atoms with van der Waals surface area (Å²) in [4.78, 5) is 12.9. The van der Waals surface area contributed by atoms with Crippen molar-refractivity contribution >= 4 is 11.7 Å². The van der Waals surface area contributed by atoms with Crippen LogP contribution < -0.4 is 9.64 Å². The number of carboxylic acid groups (broad SMARTS) is 1. The molecule has 0 amide bonds. The van der Waals surface area contributed by atoms with E-state index < -0.39 is 12.1 Å². The average molecular weight is 207 g/mol. The molecule has 1 aliphatic heterocycles. The molecule has 2 atom stereocenters. The maximum absolute atomic E-state index is 11.0. The lowest BCUT2D eigenvalue weighted by Gasteiger charge is -2.37. The van der Waals surface area contributed by atoms with Gasteiger partial charge in [-0.25, -0.2) is 4.79 Å². The van der Waals surface area contributed by atoms with Crippen molar-refractivity contribution in [3.05, 3.63) is 24.3 Å². The van der Waals surface area contributed by atoms with Gasteiger partial charge in [0.2, 0.25) is 6.10 Å². The molecule has 0 aliphatic carbocycles. The minimum absolute atomic E-state index is 0.169. The molecule has 0 spiro atoms. The summed E-state index contributed by atoms with van der Waals surface area (Å²) in [6.07, 6.45) is -0.801. The average Bonchev–Trinajstić information content (AvgIpc) is 2.23. The van der Waals surface area contributed by atoms with Crippen molar-refractivity contribution in [2.24, 2.45) is 0 Å². The minimum atomic E-state index is -0.927. The number of carbonyl (C=O) groups is 1. The Morgan fingerprint density at radius 1 is 1.47 bits per heavy atom. The highest BCUT2D eigenvalue weighted by Crippen LogP contribution is 2.34. The standard InChI is InChI=1S/C11H13NO3/c1-7-10(11(13)14)15-9-6-4-3-5-8(9)12(7)2/h3-7,10H,1-2H3,(H,13,14). The first-order chi connectivity index (χ1) is 7.11. The third-order valence-corrected chi connectivity index (χ3v) is 2.79. The molecular formula is C11H13NO3. The Kier molecular flexibility index (Phi) is 2.26. The zero-order valence-corrected chi connectivity index (χ0v) is 8.68. The van der Waals surface area contributed by atoms with Gasteiger partial charge in [0.25, 0.3) is 0 Å². The van der Waals surface area contributed by atoms with E-state index in [1.807, 2.05) is 37.1 Å². The summed E-state index contributed by atoms with van der Waals surface area (Å²) in [5.41, 5.74) is 0.933. The number of benzene rings is 1. The van der Waals surface area contributed by atoms with Gasteiger partial charge >= 0.3 is 5.97 Å². The van der Waals surface area contributed by atoms with Gasteiger partial charge in [-0.1, -0.05) is 12.1 Å². The zero-order chi connectivity index (χ0) is 11.0. The topological polar surface area (TPSA) is 49.8 Å². The number of carboxylic acids is 1. The number of nitrogens with zero attached hydrogens (tertiary/aromatic N) is 1. The molecule has 1 aliphatic rings. The van der Waals surface area contributed by atoms with Crippen molar-refractivity contribution in [1.82, 2.24) is 0 Å². The molecule has 4 nitrogen and oxygen atoms in total. The van der Waals surface area contributed by atoms with Crippen LogP contribution >= 0.6 is 0 Å². The predicted octanol–water partition coefficient (Wildman–Crippen LogP) is 1.36. The fraction of sp³-hybridized carbons (Fsp3) is 0.364. The van der Waals surface area contributed by atoms with Crippen LogP contribution in [0, 0.1) is 0 Å². The summed E-state index contributed by atoms with van der Waals surface area (Å²) in [5, 5.41) is 9.00. The number of para-hydroxylation sites is 2. The van der Waals surface area contributed by atoms with Crippen LogP contribution in [0.25, 0.3) is 0 Å². The van der Waals surface area contributed by atoms with E-state index in [0.29, 0.717) is 5.75 Å². The van der Waals surface area contributed by atoms with E-state index in [1.165, 1.54) is 0 Å². The number of anilines is 1. The van der Waals surface area contributed by atoms with E-state index in [2.05, 4.69) is 0 Å². The number of hydrogen-bond donors (Lipinski definition) is 1. The fourth-order valence-electron chi connectivity index (χ4n) is 1.76. The van der Waals surface area contributed by atoms with Gasteiger partial charge in [-0.2, -0.15) is 0 Å². The van der Waals surface area contributed by atoms with Crippen molar-refractivity contribution in [2.45, 2.75) is 19.1 Å². The highest BCUT2D eigenvalue weighted by molar-refractivity contribution is 5.77. The molecule has 2 unspecified atom stereocenters. The molecule has 1 aromatic carbocycles. The van der Waals surface area contributed by atoms with Gasteiger partial charge in [0, 0.05) is 7.05 Å². The summed E-state index contributed by atoms with van der Waals surface area (Å²) in [7, 11) is 1.88. The van der Waals surface area contributed by atoms with Crippen molar-refractivity contribution < 1.29 is 14.6 Å². The van der Waals surface area contributed by atoms with Crippen molar-refractivity contribution in [3.8, 4) is 5.75 Å². The van der Waals surface area contributed by atoms with Gasteiger partial charge < -0.3 is 14.7 Å². The Bertz CT molecular complexity index is 391. The van der Waals surface area contributed by atoms with Crippen LogP contribution in [-0.4, -0.2) is 30.3 Å². The minimum Gasteiger partial charge on any atom is -0.478 e. The number of rotatable bonds is 1. The van der Waals surface area contributed by atoms with Gasteiger partial charge in [-0.15, -0.1) is 0 Å². The highest BCUT2D eigenvalue weighted by Gasteiger charge is 2.35. The lowest BCUT2D eigenvalue weighted by Crippen LogP contribution is -2.50. The summed E-state index contributed by atoms with van der Waals surface area (Å²) >= 11 is 0. The molecule has 1 aromatic rings. The molecule has 15 heavy (non-hydrogen) atoms. The lowest BCUT2D eigenvalue weighted by molar-refractivity contribution is -0.146. The third kappa shape index (κ3) is 1.52. The molecule has 0 fully saturated rings. The Morgan fingerprint density at radius 3 is 2.80 bits per heavy atom. The molecule has 4 heteroatoms. The lowest BCUT2D eigenvalue weighted by atomic mass is 10.1. The molecule has 0 bridgehead atoms. The Balaban J connectivity index is 2.41. The molecule has 0 saturated carbocycles. The second-order valence-corrected chi connectivity index (χ2v) is 3.70. The van der Waals surface area contributed by atoms with Crippen LogP contribution in [0.5, 0.6) is 5.75 Å². The monoisotopic (exact) mass is 207 g/mol. The van der Waals surface area contributed by atoms with Crippen LogP contribution in [0.15, 0.2) is 24.3 Å². The summed E-state index contributed by atoms with van der Waals surface area (Å²) < 4.78 is 5.43. The first-order valence-electron chi connectivity index (χ1n) is 4.82. The number of fused-ring (bicyclic) bond motifs is 1. The van der Waals surface area contributed by atoms with Gasteiger partial charge in [-0.3, -0.25) is 0 Å². The number of ether oxygens (including phenoxy) is 1. The fourth-order valence-corrected chi connectivity index (χ4v) is 1.76. The van der Waals surface area contributed by atoms with E-state index in [0.717, 1.165) is 5.69 Å². The molecule has 1 N–H and O–H groups in total. The maximum atomic E-state index is 11.0. The smallest absolute Gasteiger partial charge is 0.347 e. The van der Waals surface area contributed by atoms with Crippen molar-refractivity contribution in [3.63, 3.8) is 0 Å². The van der Waals surface area contributed by atoms with E-state index >= 15 is 0 Å². The Hall–Kier alpha value is -1.71. The molecule has 0 radical (unpaired) electrons. The number of likely N-dealkylation sites (N-methyl/N-ethyl adjacent to an activating group) is 1. The van der Waals surface area contributed by atoms with Gasteiger partial charge in [0.15, 0.2) is 0 Å². The second kappa shape index (κ2) is 3.46. The maximum Gasteiger partial charge on any atom is 0.347 e. The summed E-state index contributed by atoms with van der Waals surface area (Å²) in [6, 6.07) is 7.28. The van der Waals surface area contributed by atoms with Crippen LogP contribution in [0.1, 0.15) is 6.92 Å². The van der Waals surface area contributed by atoms with Gasteiger partial charge in [-0.05, 0) is 19.1 Å². The normalized spacial score (nSPS) is 24.3. The van der Waals surface area contributed by atoms with E-state index in [1.54, 1.807) is 6.07 Å². The van der Waals surface area contributed by atoms with Gasteiger partial charge in [0.1, 0.15) is 5.75 Å². The number of hydrogen-bond acceptors (Lipinski definition) is 3. The molecule has 1 heterocycles. The second-order valence-electron chi connectivity index (χ2n) is 3.70. The molecule has 0 saturated heterocycles. The quantitative estimate of drug-likeness (QED) is 0.755. The van der Waals surface area contributed by atoms with Crippen LogP contribution in [0.3, 0.4) is 0 Å². The van der Waals surface area contributed by atoms with Crippen molar-refractivity contribution in [1.29, 1.82) is 0 Å². The first kappa shape index (κ1) is 9.83. The Labute approximate surface area is 88.1 Å². The largest absolute Gasteiger partial charge is 0.478 e. The summed E-state index contributed by atoms with van der Waals surface area (Å²) in [6.45, 7) is 1.84. The molecule has 0 aromatic heterocycles. The van der Waals surface area contributed by atoms with Crippen LogP contribution in [-0.2, 0) is 4.79 Å². The molecular weight excluding hydrogens is 194 g/mol. The van der Waals surface area contributed by atoms with Crippen LogP contribution in [0.2, 0.25) is 0 Å². The van der Waals surface area contributed by atoms with Crippen LogP contribution in [0.4, 0.5) is 5.69 Å². The van der Waals surface area contributed by atoms with Crippen molar-refractivity contribution in [2.75, 3.05) is 11.9 Å². The molecule has 80 valence electrons. The predicted molar refractivity (Wildman–Crippen MR) is 56.4 cm³/mol. The summed E-state index contributed by atoms with van der Waals surface area (Å²) in [5.74, 6) is -0.297. The van der Waals surface area contributed by atoms with Gasteiger partial charge in [0.05, 0.1) is 11.7 Å². The molecule has 2 rings (SSSR count). The number of aliphatic carboxylic acids is 1. The Morgan fingerprint density at radius 2 is 2.13 bits per heavy atom. The van der Waals surface area contributed by atoms with E-state index in [4.69, 9.17) is 9.84 Å². The van der Waals surface area contributed by atoms with E-state index in [-0.39, 0.29) is 6.04 Å². The van der Waals surface area contributed by atoms with E-state index in [9.17, 15) is 4.79 Å².